The van der Waals surface area contributed by atoms with Gasteiger partial charge in [-0.2, -0.15) is 0 Å². The standard InChI is InChI=1S/C15H24N2O5S.BrH/c1-3-16(4-2)10-13-23(20,21)12-5-11-22-15-8-6-14(7-9-15)17(18)19;/h6-9H,3-5,10-13H2,1-2H3;1H. The molecule has 0 saturated heterocycles. The first-order valence-electron chi connectivity index (χ1n) is 7.68. The van der Waals surface area contributed by atoms with E-state index in [1.807, 2.05) is 13.8 Å². The summed E-state index contributed by atoms with van der Waals surface area (Å²) in [5.74, 6) is 0.740. The molecule has 0 aliphatic carbocycles. The Kier molecular flexibility index (Phi) is 10.8. The molecule has 138 valence electrons. The van der Waals surface area contributed by atoms with Gasteiger partial charge in [0.1, 0.15) is 5.75 Å². The number of hydrogen-bond donors (Lipinski definition) is 0. The lowest BCUT2D eigenvalue weighted by Gasteiger charge is -2.17. The van der Waals surface area contributed by atoms with Gasteiger partial charge in [0.15, 0.2) is 9.84 Å². The van der Waals surface area contributed by atoms with Crippen molar-refractivity contribution in [3.63, 3.8) is 0 Å². The van der Waals surface area contributed by atoms with E-state index in [0.29, 0.717) is 18.7 Å². The minimum atomic E-state index is -3.08. The van der Waals surface area contributed by atoms with Crippen LogP contribution in [0, 0.1) is 10.1 Å². The van der Waals surface area contributed by atoms with Crippen LogP contribution in [0.25, 0.3) is 0 Å². The van der Waals surface area contributed by atoms with Crippen LogP contribution in [0.2, 0.25) is 0 Å². The molecule has 0 amide bonds. The van der Waals surface area contributed by atoms with E-state index in [1.165, 1.54) is 24.3 Å². The summed E-state index contributed by atoms with van der Waals surface area (Å²) < 4.78 is 29.3. The number of hydrogen-bond acceptors (Lipinski definition) is 6. The van der Waals surface area contributed by atoms with Gasteiger partial charge in [-0.1, -0.05) is 13.8 Å². The third kappa shape index (κ3) is 8.60. The molecule has 7 nitrogen and oxygen atoms in total. The molecule has 0 aliphatic heterocycles. The number of non-ortho nitro benzene ring substituents is 1. The van der Waals surface area contributed by atoms with Crippen LogP contribution in [-0.2, 0) is 9.84 Å². The second-order valence-corrected chi connectivity index (χ2v) is 7.44. The molecular formula is C15H25BrN2O5S. The van der Waals surface area contributed by atoms with Gasteiger partial charge in [-0.15, -0.1) is 17.0 Å². The average Bonchev–Trinajstić information content (AvgIpc) is 2.53. The lowest BCUT2D eigenvalue weighted by molar-refractivity contribution is -0.384. The van der Waals surface area contributed by atoms with Crippen LogP contribution in [0.3, 0.4) is 0 Å². The van der Waals surface area contributed by atoms with Crippen molar-refractivity contribution in [2.75, 3.05) is 37.7 Å². The van der Waals surface area contributed by atoms with Crippen LogP contribution in [-0.4, -0.2) is 56.0 Å². The van der Waals surface area contributed by atoms with E-state index in [-0.39, 0.29) is 40.8 Å². The third-order valence-electron chi connectivity index (χ3n) is 3.53. The summed E-state index contributed by atoms with van der Waals surface area (Å²) >= 11 is 0. The van der Waals surface area contributed by atoms with Crippen molar-refractivity contribution in [1.29, 1.82) is 0 Å². The number of rotatable bonds is 11. The number of ether oxygens (including phenoxy) is 1. The topological polar surface area (TPSA) is 89.8 Å². The predicted molar refractivity (Wildman–Crippen MR) is 100.0 cm³/mol. The fraction of sp³-hybridized carbons (Fsp3) is 0.600. The van der Waals surface area contributed by atoms with Gasteiger partial charge in [-0.25, -0.2) is 8.42 Å². The first kappa shape index (κ1) is 22.8. The van der Waals surface area contributed by atoms with Gasteiger partial charge in [0.05, 0.1) is 23.0 Å². The van der Waals surface area contributed by atoms with E-state index in [1.54, 1.807) is 0 Å². The molecule has 0 aliphatic rings. The molecule has 1 rings (SSSR count). The van der Waals surface area contributed by atoms with E-state index < -0.39 is 14.8 Å². The Balaban J connectivity index is 0.00000529. The molecule has 0 radical (unpaired) electrons. The summed E-state index contributed by atoms with van der Waals surface area (Å²) in [6.07, 6.45) is 0.400. The lowest BCUT2D eigenvalue weighted by atomic mass is 10.3. The summed E-state index contributed by atoms with van der Waals surface area (Å²) in [5, 5.41) is 10.5. The quantitative estimate of drug-likeness (QED) is 0.308. The molecule has 24 heavy (non-hydrogen) atoms. The molecule has 1 aromatic rings. The molecule has 0 N–H and O–H groups in total. The average molecular weight is 425 g/mol. The molecule has 0 spiro atoms. The first-order valence-corrected chi connectivity index (χ1v) is 9.50. The van der Waals surface area contributed by atoms with Crippen molar-refractivity contribution >= 4 is 32.5 Å². The Morgan fingerprint density at radius 2 is 1.71 bits per heavy atom. The fourth-order valence-electron chi connectivity index (χ4n) is 2.04. The zero-order valence-electron chi connectivity index (χ0n) is 14.0. The summed E-state index contributed by atoms with van der Waals surface area (Å²) in [4.78, 5) is 12.1. The van der Waals surface area contributed by atoms with Gasteiger partial charge in [-0.05, 0) is 31.6 Å². The Labute approximate surface area is 153 Å². The minimum Gasteiger partial charge on any atom is -0.494 e. The maximum absolute atomic E-state index is 11.9. The molecule has 0 saturated carbocycles. The number of nitro groups is 1. The fourth-order valence-corrected chi connectivity index (χ4v) is 3.34. The van der Waals surface area contributed by atoms with E-state index in [4.69, 9.17) is 4.74 Å². The molecule has 0 unspecified atom stereocenters. The van der Waals surface area contributed by atoms with Gasteiger partial charge in [0.25, 0.3) is 5.69 Å². The molecule has 0 aromatic heterocycles. The van der Waals surface area contributed by atoms with Gasteiger partial charge >= 0.3 is 0 Å². The van der Waals surface area contributed by atoms with Crippen molar-refractivity contribution in [2.24, 2.45) is 0 Å². The highest BCUT2D eigenvalue weighted by atomic mass is 79.9. The van der Waals surface area contributed by atoms with Gasteiger partial charge in [0.2, 0.25) is 0 Å². The summed E-state index contributed by atoms with van der Waals surface area (Å²) in [6.45, 7) is 6.52. The van der Waals surface area contributed by atoms with Crippen LogP contribution in [0.5, 0.6) is 5.75 Å². The Morgan fingerprint density at radius 3 is 2.21 bits per heavy atom. The van der Waals surface area contributed by atoms with E-state index >= 15 is 0 Å². The molecule has 1 aromatic carbocycles. The van der Waals surface area contributed by atoms with E-state index in [0.717, 1.165) is 13.1 Å². The van der Waals surface area contributed by atoms with Crippen LogP contribution in [0.15, 0.2) is 24.3 Å². The highest BCUT2D eigenvalue weighted by molar-refractivity contribution is 8.93. The summed E-state index contributed by atoms with van der Waals surface area (Å²) in [5.41, 5.74) is -0.00340. The molecule has 9 heteroatoms. The lowest BCUT2D eigenvalue weighted by Crippen LogP contribution is -2.30. The minimum absolute atomic E-state index is 0. The third-order valence-corrected chi connectivity index (χ3v) is 5.24. The largest absolute Gasteiger partial charge is 0.494 e. The maximum Gasteiger partial charge on any atom is 0.269 e. The smallest absolute Gasteiger partial charge is 0.269 e. The Bertz CT molecular complexity index is 588. The van der Waals surface area contributed by atoms with Gasteiger partial charge in [0, 0.05) is 18.7 Å². The van der Waals surface area contributed by atoms with Crippen molar-refractivity contribution < 1.29 is 18.1 Å². The van der Waals surface area contributed by atoms with Crippen LogP contribution in [0.1, 0.15) is 20.3 Å². The van der Waals surface area contributed by atoms with Crippen LogP contribution >= 0.6 is 17.0 Å². The number of nitro benzene ring substituents is 1. The van der Waals surface area contributed by atoms with Crippen molar-refractivity contribution in [3.8, 4) is 5.75 Å². The zero-order valence-corrected chi connectivity index (χ0v) is 16.5. The summed E-state index contributed by atoms with van der Waals surface area (Å²) in [7, 11) is -3.08. The Hall–Kier alpha value is -1.19. The Morgan fingerprint density at radius 1 is 1.12 bits per heavy atom. The number of sulfone groups is 1. The summed E-state index contributed by atoms with van der Waals surface area (Å²) in [6, 6.07) is 5.73. The SMILES string of the molecule is Br.CCN(CC)CCS(=O)(=O)CCCOc1ccc([N+](=O)[O-])cc1. The van der Waals surface area contributed by atoms with E-state index in [9.17, 15) is 18.5 Å². The second-order valence-electron chi connectivity index (χ2n) is 5.13. The number of nitrogens with zero attached hydrogens (tertiary/aromatic N) is 2. The maximum atomic E-state index is 11.9. The van der Waals surface area contributed by atoms with Gasteiger partial charge in [-0.3, -0.25) is 10.1 Å². The zero-order chi connectivity index (χ0) is 17.3. The van der Waals surface area contributed by atoms with Crippen LogP contribution < -0.4 is 4.74 Å². The van der Waals surface area contributed by atoms with E-state index in [2.05, 4.69) is 4.90 Å². The predicted octanol–water partition coefficient (Wildman–Crippen LogP) is 2.70. The highest BCUT2D eigenvalue weighted by Crippen LogP contribution is 2.17. The first-order chi connectivity index (χ1) is 10.9. The highest BCUT2D eigenvalue weighted by Gasteiger charge is 2.12. The van der Waals surface area contributed by atoms with Crippen LogP contribution in [0.4, 0.5) is 5.69 Å². The number of benzene rings is 1. The normalized spacial score (nSPS) is 11.1. The number of halogens is 1. The molecule has 0 atom stereocenters. The molecule has 0 fully saturated rings. The molecule has 0 heterocycles. The van der Waals surface area contributed by atoms with Crippen molar-refractivity contribution in [2.45, 2.75) is 20.3 Å². The van der Waals surface area contributed by atoms with Gasteiger partial charge < -0.3 is 9.64 Å². The second kappa shape index (κ2) is 11.4. The van der Waals surface area contributed by atoms with Crippen molar-refractivity contribution in [1.82, 2.24) is 4.90 Å². The van der Waals surface area contributed by atoms with Crippen molar-refractivity contribution in [3.05, 3.63) is 34.4 Å². The molecule has 0 bridgehead atoms. The molecular weight excluding hydrogens is 400 g/mol. The monoisotopic (exact) mass is 424 g/mol.